The Morgan fingerprint density at radius 3 is 0.959 bits per heavy atom. The average molecular weight is 1300 g/mol. The highest BCUT2D eigenvalue weighted by Crippen LogP contribution is 2.63. The Morgan fingerprint density at radius 1 is 0.255 bits per heavy atom. The van der Waals surface area contributed by atoms with Crippen LogP contribution in [0.1, 0.15) is 49.9 Å². The monoisotopic (exact) mass is 1290 g/mol. The summed E-state index contributed by atoms with van der Waals surface area (Å²) in [7, 11) is -7.24. The Hall–Kier alpha value is -11.3. The van der Waals surface area contributed by atoms with Gasteiger partial charge in [-0.15, -0.1) is 0 Å². The SMILES string of the molecule is CC1(C)c2ccccc2N(c2ccc(-c3cc4c5c(c3)P(=O)(c3ccccc3)c3cc(-c6ccc(N7c8ccccc8C(C)(C)c8cc9c(cc87)c7ccccc7n9-c7ccccc7)cc6)cc(c3-5)P4(=O)c3ccccc3)cc2)c2cc3c4ccccc4n(-c4ccccc4)c3cc21. The zero-order chi connectivity index (χ0) is 65.6. The van der Waals surface area contributed by atoms with E-state index >= 15 is 9.13 Å². The highest BCUT2D eigenvalue weighted by Gasteiger charge is 2.53. The van der Waals surface area contributed by atoms with Crippen molar-refractivity contribution in [2.45, 2.75) is 38.5 Å². The van der Waals surface area contributed by atoms with Gasteiger partial charge in [-0.05, 0) is 166 Å². The molecule has 0 amide bonds. The second kappa shape index (κ2) is 20.6. The number of anilines is 6. The number of nitrogens with zero attached hydrogens (tertiary/aromatic N) is 4. The molecule has 0 spiro atoms. The van der Waals surface area contributed by atoms with E-state index in [9.17, 15) is 0 Å². The number of hydrogen-bond acceptors (Lipinski definition) is 4. The van der Waals surface area contributed by atoms with Crippen LogP contribution in [0.4, 0.5) is 34.1 Å². The zero-order valence-electron chi connectivity index (χ0n) is 54.5. The van der Waals surface area contributed by atoms with Gasteiger partial charge < -0.3 is 28.1 Å². The normalized spacial score (nSPS) is 15.3. The minimum absolute atomic E-state index is 0.322. The van der Waals surface area contributed by atoms with Gasteiger partial charge in [0.15, 0.2) is 14.3 Å². The number of aromatic nitrogens is 2. The summed E-state index contributed by atoms with van der Waals surface area (Å²) in [6, 6.07) is 113. The van der Waals surface area contributed by atoms with Gasteiger partial charge in [0, 0.05) is 98.1 Å². The van der Waals surface area contributed by atoms with Crippen LogP contribution in [0.3, 0.4) is 0 Å². The lowest BCUT2D eigenvalue weighted by molar-refractivity contribution is 0.592. The van der Waals surface area contributed by atoms with E-state index in [1.807, 2.05) is 60.7 Å². The average Bonchev–Trinajstić information content (AvgIpc) is 1.49. The van der Waals surface area contributed by atoms with Crippen LogP contribution in [-0.4, -0.2) is 9.13 Å². The first-order valence-corrected chi connectivity index (χ1v) is 37.3. The Bertz CT molecular complexity index is 5730. The molecule has 0 N–H and O–H groups in total. The van der Waals surface area contributed by atoms with Gasteiger partial charge >= 0.3 is 0 Å². The molecule has 6 heterocycles. The van der Waals surface area contributed by atoms with Crippen molar-refractivity contribution in [1.82, 2.24) is 9.13 Å². The van der Waals surface area contributed by atoms with Gasteiger partial charge in [0.25, 0.3) is 0 Å². The van der Waals surface area contributed by atoms with E-state index in [0.29, 0.717) is 0 Å². The molecule has 0 aliphatic carbocycles. The van der Waals surface area contributed by atoms with E-state index in [2.05, 4.69) is 301 Å². The molecular formula is C90H64N4O2P2. The van der Waals surface area contributed by atoms with Crippen LogP contribution in [-0.2, 0) is 20.0 Å². The third-order valence-electron chi connectivity index (χ3n) is 22.0. The van der Waals surface area contributed by atoms with Crippen LogP contribution >= 0.6 is 14.3 Å². The molecule has 0 unspecified atom stereocenters. The largest absolute Gasteiger partial charge is 0.310 e. The maximum absolute atomic E-state index is 17.3. The molecule has 0 saturated carbocycles. The molecule has 98 heavy (non-hydrogen) atoms. The van der Waals surface area contributed by atoms with Gasteiger partial charge in [0.1, 0.15) is 0 Å². The van der Waals surface area contributed by atoms with E-state index in [0.717, 1.165) is 111 Å². The topological polar surface area (TPSA) is 50.5 Å². The molecule has 0 saturated heterocycles. The van der Waals surface area contributed by atoms with Crippen molar-refractivity contribution in [3.05, 3.63) is 338 Å². The molecule has 16 aromatic rings. The van der Waals surface area contributed by atoms with Crippen molar-refractivity contribution in [3.63, 3.8) is 0 Å². The molecule has 4 aliphatic heterocycles. The third kappa shape index (κ3) is 7.76. The molecule has 0 atom stereocenters. The van der Waals surface area contributed by atoms with Gasteiger partial charge in [0.05, 0.1) is 44.8 Å². The van der Waals surface area contributed by atoms with Crippen molar-refractivity contribution < 1.29 is 9.13 Å². The summed E-state index contributed by atoms with van der Waals surface area (Å²) in [5.41, 5.74) is 23.2. The fourth-order valence-corrected chi connectivity index (χ4v) is 23.8. The first-order valence-electron chi connectivity index (χ1n) is 33.9. The molecule has 6 nitrogen and oxygen atoms in total. The van der Waals surface area contributed by atoms with Crippen LogP contribution in [0.25, 0.3) is 88.4 Å². The first kappa shape index (κ1) is 57.0. The number of fused-ring (bicyclic) bond motifs is 10. The van der Waals surface area contributed by atoms with Crippen molar-refractivity contribution >= 4 is 124 Å². The van der Waals surface area contributed by atoms with Crippen LogP contribution in [0, 0.1) is 0 Å². The van der Waals surface area contributed by atoms with Gasteiger partial charge in [-0.3, -0.25) is 0 Å². The smallest absolute Gasteiger partial charge is 0.172 e. The fraction of sp³-hybridized carbons (Fsp3) is 0.0667. The summed E-state index contributed by atoms with van der Waals surface area (Å²) in [6.45, 7) is 9.40. The number of rotatable bonds is 8. The van der Waals surface area contributed by atoms with E-state index < -0.39 is 14.3 Å². The van der Waals surface area contributed by atoms with E-state index in [4.69, 9.17) is 0 Å². The van der Waals surface area contributed by atoms with Crippen molar-refractivity contribution in [2.75, 3.05) is 9.80 Å². The maximum atomic E-state index is 17.3. The zero-order valence-corrected chi connectivity index (χ0v) is 56.3. The molecule has 14 aromatic carbocycles. The standard InChI is InChI=1S/C90H64N4O2P2/c1-89(2)71-35-19-23-39-77(71)93(81-53-69-67-33-17-21-37-75(67)91(79(69)55-73(81)89)61-25-9-5-10-26-61)63-45-41-57(42-46-63)59-49-83-87-84(50-59)98(96,66-31-15-8-16-32-66)86-52-60(51-85(88(86)87)97(83,95)65-29-13-7-14-30-65)58-43-47-64(48-44-58)94-78-40-24-20-36-72(78)90(3,4)74-56-80-70(54-82(74)94)68-34-18-22-38-76(68)92(80)62-27-11-6-12-28-62/h5-56H,1-4H3. The summed E-state index contributed by atoms with van der Waals surface area (Å²) in [5, 5.41) is 9.26. The lowest BCUT2D eigenvalue weighted by atomic mass is 9.73. The second-order valence-electron chi connectivity index (χ2n) is 27.9. The first-order chi connectivity index (χ1) is 47.9. The second-order valence-corrected chi connectivity index (χ2v) is 33.3. The van der Waals surface area contributed by atoms with Crippen molar-refractivity contribution in [1.29, 1.82) is 0 Å². The van der Waals surface area contributed by atoms with Crippen molar-refractivity contribution in [3.8, 4) is 44.8 Å². The molecule has 0 fully saturated rings. The molecule has 8 heteroatoms. The lowest BCUT2D eigenvalue weighted by Gasteiger charge is -2.42. The summed E-state index contributed by atoms with van der Waals surface area (Å²) in [5.74, 6) is 0. The van der Waals surface area contributed by atoms with Crippen LogP contribution in [0.5, 0.6) is 0 Å². The Morgan fingerprint density at radius 2 is 0.582 bits per heavy atom. The summed E-state index contributed by atoms with van der Waals surface area (Å²) in [4.78, 5) is 4.87. The molecule has 0 bridgehead atoms. The van der Waals surface area contributed by atoms with Gasteiger partial charge in [-0.1, -0.05) is 222 Å². The Labute approximate surface area is 569 Å². The van der Waals surface area contributed by atoms with Gasteiger partial charge in [-0.2, -0.15) is 0 Å². The van der Waals surface area contributed by atoms with E-state index in [-0.39, 0.29) is 10.8 Å². The minimum atomic E-state index is -3.62. The number of hydrogen-bond donors (Lipinski definition) is 0. The Kier molecular flexibility index (Phi) is 12.0. The third-order valence-corrected chi connectivity index (χ3v) is 28.2. The molecule has 20 rings (SSSR count). The summed E-state index contributed by atoms with van der Waals surface area (Å²) >= 11 is 0. The number of benzene rings is 14. The van der Waals surface area contributed by atoms with Crippen LogP contribution in [0.15, 0.2) is 315 Å². The lowest BCUT2D eigenvalue weighted by Crippen LogP contribution is -2.30. The highest BCUT2D eigenvalue weighted by molar-refractivity contribution is 7.90. The van der Waals surface area contributed by atoms with E-state index in [1.54, 1.807) is 0 Å². The summed E-state index contributed by atoms with van der Waals surface area (Å²) < 4.78 is 39.3. The Balaban J connectivity index is 0.725. The maximum Gasteiger partial charge on any atom is 0.172 e. The molecule has 4 aliphatic rings. The van der Waals surface area contributed by atoms with E-state index in [1.165, 1.54) is 65.9 Å². The summed E-state index contributed by atoms with van der Waals surface area (Å²) in [6.07, 6.45) is 0. The van der Waals surface area contributed by atoms with Gasteiger partial charge in [0.2, 0.25) is 0 Å². The molecule has 2 aromatic heterocycles. The predicted octanol–water partition coefficient (Wildman–Crippen LogP) is 21.0. The molecule has 466 valence electrons. The predicted molar refractivity (Wildman–Crippen MR) is 411 cm³/mol. The van der Waals surface area contributed by atoms with Crippen LogP contribution in [0.2, 0.25) is 0 Å². The fourth-order valence-electron chi connectivity index (χ4n) is 17.3. The molecular weight excluding hydrogens is 1230 g/mol. The van der Waals surface area contributed by atoms with Crippen molar-refractivity contribution in [2.24, 2.45) is 0 Å². The molecule has 0 radical (unpaired) electrons. The quantitative estimate of drug-likeness (QED) is 0.142. The van der Waals surface area contributed by atoms with Crippen LogP contribution < -0.4 is 41.6 Å². The highest BCUT2D eigenvalue weighted by atomic mass is 31.2. The van der Waals surface area contributed by atoms with Gasteiger partial charge in [-0.25, -0.2) is 0 Å². The minimum Gasteiger partial charge on any atom is -0.310 e. The number of para-hydroxylation sites is 6.